The van der Waals surface area contributed by atoms with Gasteiger partial charge < -0.3 is 5.73 Å². The molecule has 0 spiro atoms. The third kappa shape index (κ3) is 4.36. The Balaban J connectivity index is 2.04. The lowest BCUT2D eigenvalue weighted by atomic mass is 10.1. The molecule has 21 heavy (non-hydrogen) atoms. The molecule has 0 fully saturated rings. The van der Waals surface area contributed by atoms with Crippen molar-refractivity contribution in [3.05, 3.63) is 51.2 Å². The van der Waals surface area contributed by atoms with Crippen LogP contribution in [0.3, 0.4) is 0 Å². The van der Waals surface area contributed by atoms with Gasteiger partial charge in [0.1, 0.15) is 5.82 Å². The first kappa shape index (κ1) is 15.6. The second-order valence-electron chi connectivity index (χ2n) is 4.85. The minimum absolute atomic E-state index is 0.230. The summed E-state index contributed by atoms with van der Waals surface area (Å²) < 4.78 is 14.1. The van der Waals surface area contributed by atoms with Gasteiger partial charge >= 0.3 is 0 Å². The van der Waals surface area contributed by atoms with Crippen LogP contribution in [-0.4, -0.2) is 23.5 Å². The van der Waals surface area contributed by atoms with Crippen LogP contribution in [0.4, 0.5) is 4.39 Å². The van der Waals surface area contributed by atoms with E-state index >= 15 is 0 Å². The fourth-order valence-corrected chi connectivity index (χ4v) is 2.83. The van der Waals surface area contributed by atoms with E-state index in [4.69, 9.17) is 5.73 Å². The average molecular weight is 303 g/mol. The molecular formula is C16H18FN3S. The summed E-state index contributed by atoms with van der Waals surface area (Å²) in [6, 6.07) is 5.07. The van der Waals surface area contributed by atoms with Crippen LogP contribution >= 0.6 is 11.3 Å². The van der Waals surface area contributed by atoms with E-state index in [-0.39, 0.29) is 12.4 Å². The Bertz CT molecular complexity index is 670. The highest BCUT2D eigenvalue weighted by molar-refractivity contribution is 7.09. The van der Waals surface area contributed by atoms with Crippen LogP contribution in [-0.2, 0) is 13.1 Å². The maximum absolute atomic E-state index is 14.1. The molecule has 0 saturated carbocycles. The van der Waals surface area contributed by atoms with Crippen LogP contribution < -0.4 is 5.73 Å². The molecule has 1 heterocycles. The van der Waals surface area contributed by atoms with Crippen molar-refractivity contribution in [3.8, 4) is 11.8 Å². The Hall–Kier alpha value is -1.74. The topological polar surface area (TPSA) is 42.2 Å². The molecule has 0 aliphatic heterocycles. The van der Waals surface area contributed by atoms with Crippen molar-refractivity contribution in [2.45, 2.75) is 20.0 Å². The number of nitrogens with zero attached hydrogens (tertiary/aromatic N) is 2. The molecule has 1 aromatic carbocycles. The Morgan fingerprint density at radius 2 is 2.19 bits per heavy atom. The number of hydrogen-bond donors (Lipinski definition) is 1. The summed E-state index contributed by atoms with van der Waals surface area (Å²) >= 11 is 1.63. The van der Waals surface area contributed by atoms with Crippen LogP contribution in [0, 0.1) is 24.6 Å². The van der Waals surface area contributed by atoms with Crippen LogP contribution in [0.25, 0.3) is 0 Å². The van der Waals surface area contributed by atoms with Gasteiger partial charge in [-0.1, -0.05) is 17.9 Å². The summed E-state index contributed by atoms with van der Waals surface area (Å²) in [5.74, 6) is 5.33. The summed E-state index contributed by atoms with van der Waals surface area (Å²) in [6.07, 6.45) is 0. The molecule has 0 unspecified atom stereocenters. The molecule has 0 aliphatic carbocycles. The molecule has 110 valence electrons. The number of hydrogen-bond acceptors (Lipinski definition) is 4. The van der Waals surface area contributed by atoms with Gasteiger partial charge in [-0.15, -0.1) is 11.3 Å². The van der Waals surface area contributed by atoms with Crippen molar-refractivity contribution < 1.29 is 4.39 Å². The smallest absolute Gasteiger partial charge is 0.128 e. The van der Waals surface area contributed by atoms with Crippen molar-refractivity contribution in [2.24, 2.45) is 5.73 Å². The van der Waals surface area contributed by atoms with E-state index in [1.165, 1.54) is 10.9 Å². The van der Waals surface area contributed by atoms with Crippen LogP contribution in [0.15, 0.2) is 23.7 Å². The normalized spacial score (nSPS) is 10.5. The molecule has 2 aromatic rings. The van der Waals surface area contributed by atoms with Gasteiger partial charge in [-0.05, 0) is 26.1 Å². The highest BCUT2D eigenvalue weighted by Crippen LogP contribution is 2.17. The van der Waals surface area contributed by atoms with Gasteiger partial charge in [-0.25, -0.2) is 9.37 Å². The number of aryl methyl sites for hydroxylation is 1. The summed E-state index contributed by atoms with van der Waals surface area (Å²) in [5, 5.41) is 0. The van der Waals surface area contributed by atoms with E-state index in [0.717, 1.165) is 12.2 Å². The maximum Gasteiger partial charge on any atom is 0.128 e. The molecule has 0 aliphatic rings. The van der Waals surface area contributed by atoms with Gasteiger partial charge in [0, 0.05) is 29.1 Å². The first-order chi connectivity index (χ1) is 10.1. The van der Waals surface area contributed by atoms with Crippen LogP contribution in [0.5, 0.6) is 0 Å². The molecule has 2 rings (SSSR count). The standard InChI is InChI=1S/C16H18FN3S/c1-12-16(21-11-19-12)10-20(2)9-14-6-5-13(4-3-7-18)8-15(14)17/h5-6,8,11H,7,9-10,18H2,1-2H3. The lowest BCUT2D eigenvalue weighted by molar-refractivity contribution is 0.315. The second kappa shape index (κ2) is 7.32. The van der Waals surface area contributed by atoms with Crippen LogP contribution in [0.1, 0.15) is 21.7 Å². The Morgan fingerprint density at radius 1 is 1.38 bits per heavy atom. The fourth-order valence-electron chi connectivity index (χ4n) is 1.98. The lowest BCUT2D eigenvalue weighted by Gasteiger charge is -2.16. The largest absolute Gasteiger partial charge is 0.320 e. The first-order valence-corrected chi connectivity index (χ1v) is 7.53. The van der Waals surface area contributed by atoms with Gasteiger partial charge in [0.15, 0.2) is 0 Å². The third-order valence-corrected chi connectivity index (χ3v) is 4.01. The predicted molar refractivity (Wildman–Crippen MR) is 84.4 cm³/mol. The summed E-state index contributed by atoms with van der Waals surface area (Å²) in [6.45, 7) is 3.59. The van der Waals surface area contributed by atoms with Crippen molar-refractivity contribution in [1.29, 1.82) is 0 Å². The van der Waals surface area contributed by atoms with E-state index in [9.17, 15) is 4.39 Å². The zero-order valence-corrected chi connectivity index (χ0v) is 13.0. The summed E-state index contributed by atoms with van der Waals surface area (Å²) in [4.78, 5) is 7.51. The van der Waals surface area contributed by atoms with Crippen molar-refractivity contribution in [1.82, 2.24) is 9.88 Å². The van der Waals surface area contributed by atoms with Gasteiger partial charge in [-0.3, -0.25) is 4.90 Å². The van der Waals surface area contributed by atoms with Gasteiger partial charge in [0.05, 0.1) is 17.7 Å². The lowest BCUT2D eigenvalue weighted by Crippen LogP contribution is -2.18. The van der Waals surface area contributed by atoms with Gasteiger partial charge in [0.2, 0.25) is 0 Å². The van der Waals surface area contributed by atoms with Crippen molar-refractivity contribution >= 4 is 11.3 Å². The summed E-state index contributed by atoms with van der Waals surface area (Å²) in [5.41, 5.74) is 9.51. The molecule has 3 nitrogen and oxygen atoms in total. The fraction of sp³-hybridized carbons (Fsp3) is 0.312. The molecule has 0 radical (unpaired) electrons. The molecule has 5 heteroatoms. The van der Waals surface area contributed by atoms with Crippen LogP contribution in [0.2, 0.25) is 0 Å². The molecule has 2 N–H and O–H groups in total. The van der Waals surface area contributed by atoms with E-state index < -0.39 is 0 Å². The van der Waals surface area contributed by atoms with E-state index in [2.05, 4.69) is 21.7 Å². The average Bonchev–Trinajstić information content (AvgIpc) is 2.84. The summed E-state index contributed by atoms with van der Waals surface area (Å²) in [7, 11) is 1.97. The maximum atomic E-state index is 14.1. The molecule has 1 aromatic heterocycles. The number of aromatic nitrogens is 1. The monoisotopic (exact) mass is 303 g/mol. The number of rotatable bonds is 4. The first-order valence-electron chi connectivity index (χ1n) is 6.65. The van der Waals surface area contributed by atoms with E-state index in [1.54, 1.807) is 17.4 Å². The number of thiazole rings is 1. The molecule has 0 amide bonds. The number of nitrogens with two attached hydrogens (primary N) is 1. The van der Waals surface area contributed by atoms with Crippen molar-refractivity contribution in [3.63, 3.8) is 0 Å². The number of halogens is 1. The van der Waals surface area contributed by atoms with Crippen molar-refractivity contribution in [2.75, 3.05) is 13.6 Å². The molecule has 0 atom stereocenters. The SMILES string of the molecule is Cc1ncsc1CN(C)Cc1ccc(C#CCN)cc1F. The molecule has 0 bridgehead atoms. The zero-order chi connectivity index (χ0) is 15.2. The minimum Gasteiger partial charge on any atom is -0.320 e. The Labute approximate surface area is 128 Å². The Kier molecular flexibility index (Phi) is 5.45. The van der Waals surface area contributed by atoms with Gasteiger partial charge in [0.25, 0.3) is 0 Å². The quantitative estimate of drug-likeness (QED) is 0.883. The second-order valence-corrected chi connectivity index (χ2v) is 5.78. The van der Waals surface area contributed by atoms with E-state index in [1.807, 2.05) is 25.5 Å². The highest BCUT2D eigenvalue weighted by atomic mass is 32.1. The zero-order valence-electron chi connectivity index (χ0n) is 12.2. The molecule has 0 saturated heterocycles. The highest BCUT2D eigenvalue weighted by Gasteiger charge is 2.09. The third-order valence-electron chi connectivity index (χ3n) is 3.09. The van der Waals surface area contributed by atoms with E-state index in [0.29, 0.717) is 17.7 Å². The minimum atomic E-state index is -0.230. The Morgan fingerprint density at radius 3 is 2.81 bits per heavy atom. The number of benzene rings is 1. The van der Waals surface area contributed by atoms with Gasteiger partial charge in [-0.2, -0.15) is 0 Å². The predicted octanol–water partition coefficient (Wildman–Crippen LogP) is 2.53. The molecular weight excluding hydrogens is 285 g/mol.